The first-order chi connectivity index (χ1) is 12.6. The van der Waals surface area contributed by atoms with Gasteiger partial charge in [0, 0.05) is 18.3 Å². The van der Waals surface area contributed by atoms with Gasteiger partial charge in [-0.2, -0.15) is 5.10 Å². The molecule has 0 fully saturated rings. The second-order valence-corrected chi connectivity index (χ2v) is 5.88. The topological polar surface area (TPSA) is 88.2 Å². The minimum absolute atomic E-state index is 0.476. The molecule has 0 amide bonds. The zero-order chi connectivity index (χ0) is 18.5. The van der Waals surface area contributed by atoms with E-state index in [1.807, 2.05) is 75.5 Å². The Morgan fingerprint density at radius 3 is 2.35 bits per heavy atom. The smallest absolute Gasteiger partial charge is 0.173 e. The van der Waals surface area contributed by atoms with Crippen LogP contribution in [-0.2, 0) is 0 Å². The van der Waals surface area contributed by atoms with Crippen molar-refractivity contribution < 1.29 is 0 Å². The zero-order valence-electron chi connectivity index (χ0n) is 15.1. The first-order valence-electron chi connectivity index (χ1n) is 8.36. The summed E-state index contributed by atoms with van der Waals surface area (Å²) in [6.07, 6.45) is 0. The molecule has 0 spiro atoms. The van der Waals surface area contributed by atoms with Crippen molar-refractivity contribution in [2.75, 3.05) is 23.5 Å². The number of hydrogen-bond acceptors (Lipinski definition) is 6. The summed E-state index contributed by atoms with van der Waals surface area (Å²) in [5.41, 5.74) is 14.3. The molecule has 3 rings (SSSR count). The fourth-order valence-electron chi connectivity index (χ4n) is 2.56. The van der Waals surface area contributed by atoms with Gasteiger partial charge in [0.05, 0.1) is 11.4 Å². The van der Waals surface area contributed by atoms with Crippen molar-refractivity contribution >= 4 is 22.9 Å². The van der Waals surface area contributed by atoms with Crippen LogP contribution < -0.4 is 16.5 Å². The van der Waals surface area contributed by atoms with E-state index in [9.17, 15) is 0 Å². The highest BCUT2D eigenvalue weighted by atomic mass is 15.3. The summed E-state index contributed by atoms with van der Waals surface area (Å²) in [5.74, 6) is 1.13. The molecule has 26 heavy (non-hydrogen) atoms. The highest BCUT2D eigenvalue weighted by molar-refractivity contribution is 5.99. The van der Waals surface area contributed by atoms with Crippen LogP contribution in [0.3, 0.4) is 0 Å². The zero-order valence-corrected chi connectivity index (χ0v) is 15.1. The normalized spacial score (nSPS) is 11.3. The monoisotopic (exact) mass is 346 g/mol. The number of nitrogens with zero attached hydrogens (tertiary/aromatic N) is 3. The number of aromatic nitrogens is 2. The predicted octanol–water partition coefficient (Wildman–Crippen LogP) is 3.91. The van der Waals surface area contributed by atoms with Crippen LogP contribution in [-0.4, -0.2) is 22.7 Å². The van der Waals surface area contributed by atoms with Crippen molar-refractivity contribution in [1.29, 1.82) is 0 Å². The van der Waals surface area contributed by atoms with E-state index in [-0.39, 0.29) is 0 Å². The third kappa shape index (κ3) is 3.80. The fourth-order valence-corrected chi connectivity index (χ4v) is 2.56. The molecule has 0 aliphatic heterocycles. The van der Waals surface area contributed by atoms with Gasteiger partial charge >= 0.3 is 0 Å². The summed E-state index contributed by atoms with van der Waals surface area (Å²) < 4.78 is 0. The molecule has 0 aliphatic carbocycles. The van der Waals surface area contributed by atoms with E-state index in [2.05, 4.69) is 25.8 Å². The molecule has 4 N–H and O–H groups in total. The second kappa shape index (κ2) is 7.65. The van der Waals surface area contributed by atoms with Gasteiger partial charge in [0.1, 0.15) is 11.5 Å². The highest BCUT2D eigenvalue weighted by Crippen LogP contribution is 2.28. The van der Waals surface area contributed by atoms with Crippen LogP contribution in [0.25, 0.3) is 11.3 Å². The first-order valence-corrected chi connectivity index (χ1v) is 8.36. The molecule has 3 aromatic rings. The number of hydrogen-bond donors (Lipinski definition) is 3. The summed E-state index contributed by atoms with van der Waals surface area (Å²) in [6, 6.07) is 17.8. The molecular weight excluding hydrogens is 324 g/mol. The minimum atomic E-state index is 0.476. The van der Waals surface area contributed by atoms with E-state index in [4.69, 9.17) is 5.73 Å². The standard InChI is InChI=1S/C20H22N6/c1-13(15-9-11-17(22-3)12-10-15)25-26-20-18(21)19(23-14(2)24-20)16-7-5-4-6-8-16/h4-12,22H,21H2,1-3H3,(H,23,24,26)/b25-13-. The number of nitrogens with two attached hydrogens (primary N) is 1. The molecule has 0 saturated carbocycles. The van der Waals surface area contributed by atoms with Gasteiger partial charge < -0.3 is 11.1 Å². The van der Waals surface area contributed by atoms with Gasteiger partial charge in [-0.1, -0.05) is 42.5 Å². The van der Waals surface area contributed by atoms with E-state index in [1.54, 1.807) is 0 Å². The van der Waals surface area contributed by atoms with E-state index >= 15 is 0 Å². The number of benzene rings is 2. The lowest BCUT2D eigenvalue weighted by molar-refractivity contribution is 1.05. The lowest BCUT2D eigenvalue weighted by atomic mass is 10.1. The maximum Gasteiger partial charge on any atom is 0.173 e. The lowest BCUT2D eigenvalue weighted by Gasteiger charge is -2.11. The summed E-state index contributed by atoms with van der Waals surface area (Å²) >= 11 is 0. The van der Waals surface area contributed by atoms with Gasteiger partial charge in [-0.15, -0.1) is 0 Å². The van der Waals surface area contributed by atoms with E-state index in [1.165, 1.54) is 0 Å². The maximum atomic E-state index is 6.28. The first kappa shape index (κ1) is 17.4. The number of aryl methyl sites for hydroxylation is 1. The highest BCUT2D eigenvalue weighted by Gasteiger charge is 2.11. The van der Waals surface area contributed by atoms with Gasteiger partial charge in [-0.3, -0.25) is 5.43 Å². The van der Waals surface area contributed by atoms with Gasteiger partial charge in [0.25, 0.3) is 0 Å². The van der Waals surface area contributed by atoms with Crippen LogP contribution in [0.5, 0.6) is 0 Å². The molecule has 1 heterocycles. The molecule has 6 heteroatoms. The largest absolute Gasteiger partial charge is 0.394 e. The molecule has 6 nitrogen and oxygen atoms in total. The van der Waals surface area contributed by atoms with Crippen molar-refractivity contribution in [1.82, 2.24) is 9.97 Å². The van der Waals surface area contributed by atoms with Crippen molar-refractivity contribution in [3.63, 3.8) is 0 Å². The molecule has 0 saturated heterocycles. The van der Waals surface area contributed by atoms with Gasteiger partial charge in [0.15, 0.2) is 5.82 Å². The lowest BCUT2D eigenvalue weighted by Crippen LogP contribution is -2.07. The summed E-state index contributed by atoms with van der Waals surface area (Å²) in [7, 11) is 1.89. The molecule has 0 unspecified atom stereocenters. The molecule has 132 valence electrons. The Balaban J connectivity index is 1.88. The summed E-state index contributed by atoms with van der Waals surface area (Å²) in [6.45, 7) is 3.77. The number of anilines is 3. The van der Waals surface area contributed by atoms with Crippen LogP contribution in [0.2, 0.25) is 0 Å². The molecule has 0 atom stereocenters. The Kier molecular flexibility index (Phi) is 5.12. The quantitative estimate of drug-likeness (QED) is 0.481. The number of nitrogens with one attached hydrogen (secondary N) is 2. The molecular formula is C20H22N6. The Hall–Kier alpha value is -3.41. The van der Waals surface area contributed by atoms with Crippen molar-refractivity contribution in [3.05, 3.63) is 66.0 Å². The molecule has 1 aromatic heterocycles. The summed E-state index contributed by atoms with van der Waals surface area (Å²) in [4.78, 5) is 8.86. The molecule has 0 radical (unpaired) electrons. The average Bonchev–Trinajstić information content (AvgIpc) is 2.68. The van der Waals surface area contributed by atoms with Crippen molar-refractivity contribution in [3.8, 4) is 11.3 Å². The minimum Gasteiger partial charge on any atom is -0.394 e. The van der Waals surface area contributed by atoms with E-state index < -0.39 is 0 Å². The Morgan fingerprint density at radius 1 is 1.00 bits per heavy atom. The maximum absolute atomic E-state index is 6.28. The Labute approximate surface area is 153 Å². The third-order valence-electron chi connectivity index (χ3n) is 4.03. The van der Waals surface area contributed by atoms with Crippen molar-refractivity contribution in [2.45, 2.75) is 13.8 Å². The molecule has 2 aromatic carbocycles. The number of nitrogen functional groups attached to an aromatic ring is 1. The SMILES string of the molecule is CNc1ccc(/C(C)=N\Nc2nc(C)nc(-c3ccccc3)c2N)cc1. The van der Waals surface area contributed by atoms with Gasteiger partial charge in [-0.05, 0) is 31.5 Å². The van der Waals surface area contributed by atoms with Crippen LogP contribution in [0.15, 0.2) is 59.7 Å². The van der Waals surface area contributed by atoms with Gasteiger partial charge in [-0.25, -0.2) is 9.97 Å². The molecule has 0 bridgehead atoms. The fraction of sp³-hybridized carbons (Fsp3) is 0.150. The van der Waals surface area contributed by atoms with Crippen LogP contribution in [0.1, 0.15) is 18.3 Å². The van der Waals surface area contributed by atoms with Crippen LogP contribution in [0.4, 0.5) is 17.2 Å². The van der Waals surface area contributed by atoms with E-state index in [0.29, 0.717) is 23.0 Å². The average molecular weight is 346 g/mol. The van der Waals surface area contributed by atoms with Crippen LogP contribution in [0, 0.1) is 6.92 Å². The van der Waals surface area contributed by atoms with Gasteiger partial charge in [0.2, 0.25) is 0 Å². The van der Waals surface area contributed by atoms with Crippen molar-refractivity contribution in [2.24, 2.45) is 5.10 Å². The van der Waals surface area contributed by atoms with E-state index in [0.717, 1.165) is 22.5 Å². The molecule has 0 aliphatic rings. The number of rotatable bonds is 5. The third-order valence-corrected chi connectivity index (χ3v) is 4.03. The second-order valence-electron chi connectivity index (χ2n) is 5.88. The number of hydrazone groups is 1. The Morgan fingerprint density at radius 2 is 1.69 bits per heavy atom. The summed E-state index contributed by atoms with van der Waals surface area (Å²) in [5, 5.41) is 7.53. The Bertz CT molecular complexity index is 917. The van der Waals surface area contributed by atoms with Crippen LogP contribution >= 0.6 is 0 Å². The predicted molar refractivity (Wildman–Crippen MR) is 108 cm³/mol.